The summed E-state index contributed by atoms with van der Waals surface area (Å²) in [6.07, 6.45) is -0.101. The molecule has 0 saturated heterocycles. The summed E-state index contributed by atoms with van der Waals surface area (Å²) in [6.45, 7) is 10.3. The summed E-state index contributed by atoms with van der Waals surface area (Å²) >= 11 is 3.32. The van der Waals surface area contributed by atoms with E-state index in [1.165, 1.54) is 19.3 Å². The maximum Gasteiger partial charge on any atom is 0.323 e. The van der Waals surface area contributed by atoms with Gasteiger partial charge in [-0.1, -0.05) is 54.9 Å². The zero-order valence-corrected chi connectivity index (χ0v) is 20.1. The number of para-hydroxylation sites is 1. The fourth-order valence-electron chi connectivity index (χ4n) is 3.28. The molecule has 1 N–H and O–H groups in total. The van der Waals surface area contributed by atoms with Crippen molar-refractivity contribution in [3.05, 3.63) is 50.5 Å². The number of carbonyl (C=O) groups is 1. The van der Waals surface area contributed by atoms with Crippen LogP contribution >= 0.6 is 15.9 Å². The van der Waals surface area contributed by atoms with Crippen LogP contribution in [0.4, 0.5) is 5.69 Å². The van der Waals surface area contributed by atoms with E-state index in [0.717, 1.165) is 0 Å². The first-order valence-corrected chi connectivity index (χ1v) is 13.0. The molecule has 0 spiro atoms. The van der Waals surface area contributed by atoms with Gasteiger partial charge in [0, 0.05) is 17.0 Å². The van der Waals surface area contributed by atoms with E-state index < -0.39 is 36.8 Å². The van der Waals surface area contributed by atoms with E-state index in [2.05, 4.69) is 36.7 Å². The number of ether oxygens (including phenoxy) is 1. The molecular weight excluding hydrogens is 458 g/mol. The van der Waals surface area contributed by atoms with Gasteiger partial charge in [-0.3, -0.25) is 14.9 Å². The first kappa shape index (κ1) is 23.7. The van der Waals surface area contributed by atoms with E-state index >= 15 is 0 Å². The van der Waals surface area contributed by atoms with Gasteiger partial charge in [0.2, 0.25) is 0 Å². The number of hydrogen-bond donors (Lipinski definition) is 1. The summed E-state index contributed by atoms with van der Waals surface area (Å²) in [5.41, 5.74) is -1.58. The maximum absolute atomic E-state index is 13.2. The highest BCUT2D eigenvalue weighted by molar-refractivity contribution is 9.11. The van der Waals surface area contributed by atoms with Crippen LogP contribution in [0.5, 0.6) is 0 Å². The van der Waals surface area contributed by atoms with Crippen LogP contribution in [0.2, 0.25) is 18.1 Å². The van der Waals surface area contributed by atoms with E-state index in [1.807, 2.05) is 13.1 Å². The molecule has 29 heavy (non-hydrogen) atoms. The van der Waals surface area contributed by atoms with Gasteiger partial charge in [-0.15, -0.1) is 0 Å². The van der Waals surface area contributed by atoms with Crippen LogP contribution in [0.25, 0.3) is 0 Å². The van der Waals surface area contributed by atoms with Gasteiger partial charge < -0.3 is 14.3 Å². The number of esters is 1. The smallest absolute Gasteiger partial charge is 0.323 e. The lowest BCUT2D eigenvalue weighted by atomic mass is 9.70. The van der Waals surface area contributed by atoms with Crippen LogP contribution < -0.4 is 0 Å². The summed E-state index contributed by atoms with van der Waals surface area (Å²) in [5, 5.41) is 22.1. The summed E-state index contributed by atoms with van der Waals surface area (Å²) in [5.74, 6) is -0.667. The Morgan fingerprint density at radius 2 is 1.93 bits per heavy atom. The van der Waals surface area contributed by atoms with Gasteiger partial charge in [0.1, 0.15) is 5.41 Å². The molecule has 1 aliphatic carbocycles. The summed E-state index contributed by atoms with van der Waals surface area (Å²) < 4.78 is 12.1. The number of aliphatic hydroxyl groups excluding tert-OH is 1. The second-order valence-corrected chi connectivity index (χ2v) is 14.5. The monoisotopic (exact) mass is 485 g/mol. The predicted molar refractivity (Wildman–Crippen MR) is 116 cm³/mol. The molecule has 3 atom stereocenters. The Labute approximate surface area is 180 Å². The number of rotatable bonds is 5. The topological polar surface area (TPSA) is 98.9 Å². The number of halogens is 1. The van der Waals surface area contributed by atoms with Gasteiger partial charge >= 0.3 is 5.97 Å². The molecular formula is C20H28BrNO6Si. The minimum Gasteiger partial charge on any atom is -0.468 e. The fraction of sp³-hybridized carbons (Fsp3) is 0.550. The Hall–Kier alpha value is -1.55. The number of aliphatic hydroxyl groups is 1. The zero-order chi connectivity index (χ0) is 22.2. The number of nitrogens with zero attached hydrogens (tertiary/aromatic N) is 1. The van der Waals surface area contributed by atoms with Gasteiger partial charge in [-0.2, -0.15) is 0 Å². The van der Waals surface area contributed by atoms with E-state index in [4.69, 9.17) is 9.16 Å². The number of hydrogen-bond acceptors (Lipinski definition) is 6. The van der Waals surface area contributed by atoms with E-state index in [9.17, 15) is 20.0 Å². The molecule has 0 saturated carbocycles. The molecule has 0 fully saturated rings. The lowest BCUT2D eigenvalue weighted by Crippen LogP contribution is -2.56. The molecule has 0 aromatic heterocycles. The molecule has 7 nitrogen and oxygen atoms in total. The van der Waals surface area contributed by atoms with Gasteiger partial charge in [-0.25, -0.2) is 0 Å². The molecule has 2 rings (SSSR count). The fourth-order valence-corrected chi connectivity index (χ4v) is 5.18. The second kappa shape index (κ2) is 8.29. The lowest BCUT2D eigenvalue weighted by molar-refractivity contribution is -0.386. The van der Waals surface area contributed by atoms with Crippen LogP contribution in [0, 0.1) is 10.1 Å². The van der Waals surface area contributed by atoms with Crippen LogP contribution in [-0.2, 0) is 19.4 Å². The first-order chi connectivity index (χ1) is 13.3. The van der Waals surface area contributed by atoms with Gasteiger partial charge in [-0.05, 0) is 24.2 Å². The number of benzene rings is 1. The SMILES string of the molecule is COC(=O)[C@@]1(c2ccccc2[N+](=O)[O-])C=C(Br)[C@@H](O)C[C@@H]1O[Si](C)(C)C(C)(C)C. The summed E-state index contributed by atoms with van der Waals surface area (Å²) in [4.78, 5) is 24.4. The number of methoxy groups -OCH3 is 1. The number of carbonyl (C=O) groups excluding carboxylic acids is 1. The van der Waals surface area contributed by atoms with Gasteiger partial charge in [0.15, 0.2) is 8.32 Å². The van der Waals surface area contributed by atoms with Crippen molar-refractivity contribution in [3.63, 3.8) is 0 Å². The summed E-state index contributed by atoms with van der Waals surface area (Å²) in [6, 6.07) is 6.09. The first-order valence-electron chi connectivity index (χ1n) is 9.34. The second-order valence-electron chi connectivity index (χ2n) is 8.78. The maximum atomic E-state index is 13.2. The standard InChI is InChI=1S/C20H28BrNO6Si/c1-19(2,3)29(5,6)28-17-11-16(23)14(21)12-20(17,18(24)27-4)13-9-7-8-10-15(13)22(25)26/h7-10,12,16-17,23H,11H2,1-6H3/t16-,17-,20+/m0/s1. The molecule has 1 aromatic carbocycles. The van der Waals surface area contributed by atoms with E-state index in [-0.39, 0.29) is 22.7 Å². The van der Waals surface area contributed by atoms with Gasteiger partial charge in [0.05, 0.1) is 29.8 Å². The van der Waals surface area contributed by atoms with Crippen LogP contribution in [0.15, 0.2) is 34.8 Å². The Bertz CT molecular complexity index is 835. The van der Waals surface area contributed by atoms with Crippen molar-refractivity contribution in [1.29, 1.82) is 0 Å². The highest BCUT2D eigenvalue weighted by Crippen LogP contribution is 2.48. The molecule has 0 bridgehead atoms. The molecule has 1 aliphatic rings. The van der Waals surface area contributed by atoms with Crippen LogP contribution in [-0.4, -0.2) is 43.6 Å². The Morgan fingerprint density at radius 3 is 2.45 bits per heavy atom. The average molecular weight is 486 g/mol. The Morgan fingerprint density at radius 1 is 1.34 bits per heavy atom. The van der Waals surface area contributed by atoms with Crippen molar-refractivity contribution in [3.8, 4) is 0 Å². The number of nitro groups is 1. The molecule has 160 valence electrons. The molecule has 0 amide bonds. The third-order valence-corrected chi connectivity index (χ3v) is 11.2. The molecule has 0 unspecified atom stereocenters. The third kappa shape index (κ3) is 4.33. The summed E-state index contributed by atoms with van der Waals surface area (Å²) in [7, 11) is -1.16. The molecule has 1 aromatic rings. The predicted octanol–water partition coefficient (Wildman–Crippen LogP) is 4.44. The lowest BCUT2D eigenvalue weighted by Gasteiger charge is -2.47. The molecule has 9 heteroatoms. The van der Waals surface area contributed by atoms with Crippen LogP contribution in [0.1, 0.15) is 32.8 Å². The zero-order valence-electron chi connectivity index (χ0n) is 17.6. The van der Waals surface area contributed by atoms with Crippen molar-refractivity contribution < 1.29 is 24.0 Å². The van der Waals surface area contributed by atoms with E-state index in [0.29, 0.717) is 4.48 Å². The molecule has 0 aliphatic heterocycles. The highest BCUT2D eigenvalue weighted by atomic mass is 79.9. The normalized spacial score (nSPS) is 25.3. The van der Waals surface area contributed by atoms with Crippen molar-refractivity contribution in [2.75, 3.05) is 7.11 Å². The minimum atomic E-state index is -2.40. The Kier molecular flexibility index (Phi) is 6.78. The van der Waals surface area contributed by atoms with Crippen LogP contribution in [0.3, 0.4) is 0 Å². The molecule has 0 heterocycles. The quantitative estimate of drug-likeness (QED) is 0.286. The van der Waals surface area contributed by atoms with Gasteiger partial charge in [0.25, 0.3) is 5.69 Å². The van der Waals surface area contributed by atoms with Crippen molar-refractivity contribution in [2.24, 2.45) is 0 Å². The third-order valence-electron chi connectivity index (χ3n) is 5.94. The van der Waals surface area contributed by atoms with Crippen molar-refractivity contribution >= 4 is 35.9 Å². The largest absolute Gasteiger partial charge is 0.468 e. The van der Waals surface area contributed by atoms with E-state index in [1.54, 1.807) is 18.2 Å². The van der Waals surface area contributed by atoms with Crippen molar-refractivity contribution in [2.45, 2.75) is 62.9 Å². The minimum absolute atomic E-state index is 0.102. The van der Waals surface area contributed by atoms with Crippen molar-refractivity contribution in [1.82, 2.24) is 0 Å². The average Bonchev–Trinajstić information content (AvgIpc) is 2.62. The number of nitro benzene ring substituents is 1. The molecule has 0 radical (unpaired) electrons. The Balaban J connectivity index is 2.81. The highest BCUT2D eigenvalue weighted by Gasteiger charge is 2.56.